The van der Waals surface area contributed by atoms with Crippen LogP contribution in [0.15, 0.2) is 54.7 Å². The van der Waals surface area contributed by atoms with Crippen LogP contribution >= 0.6 is 0 Å². The van der Waals surface area contributed by atoms with Crippen LogP contribution in [0.5, 0.6) is 0 Å². The van der Waals surface area contributed by atoms with Crippen molar-refractivity contribution in [2.75, 3.05) is 17.2 Å². The Morgan fingerprint density at radius 3 is 2.64 bits per heavy atom. The number of anilines is 3. The van der Waals surface area contributed by atoms with Crippen LogP contribution in [0, 0.1) is 11.6 Å². The van der Waals surface area contributed by atoms with Crippen molar-refractivity contribution in [2.45, 2.75) is 12.8 Å². The van der Waals surface area contributed by atoms with Crippen LogP contribution in [0.4, 0.5) is 26.2 Å². The van der Waals surface area contributed by atoms with Crippen molar-refractivity contribution in [1.82, 2.24) is 15.2 Å². The maximum atomic E-state index is 13.7. The quantitative estimate of drug-likeness (QED) is 0.638. The molecule has 5 nitrogen and oxygen atoms in total. The lowest BCUT2D eigenvalue weighted by atomic mass is 10.1. The first-order chi connectivity index (χ1) is 12.2. The summed E-state index contributed by atoms with van der Waals surface area (Å²) in [5.74, 6) is -0.688. The van der Waals surface area contributed by atoms with E-state index in [4.69, 9.17) is 0 Å². The minimum Gasteiger partial charge on any atom is -0.369 e. The number of hydrogen-bond donors (Lipinski definition) is 2. The predicted molar refractivity (Wildman–Crippen MR) is 92.7 cm³/mol. The fourth-order valence-electron chi connectivity index (χ4n) is 2.31. The van der Waals surface area contributed by atoms with Crippen molar-refractivity contribution in [3.63, 3.8) is 0 Å². The molecule has 1 heterocycles. The summed E-state index contributed by atoms with van der Waals surface area (Å²) >= 11 is 0. The van der Waals surface area contributed by atoms with E-state index in [1.54, 1.807) is 0 Å². The summed E-state index contributed by atoms with van der Waals surface area (Å²) in [4.78, 5) is 4.22. The summed E-state index contributed by atoms with van der Waals surface area (Å²) in [7, 11) is 0. The van der Waals surface area contributed by atoms with Gasteiger partial charge in [-0.05, 0) is 30.5 Å². The molecular formula is C18H17F2N5. The predicted octanol–water partition coefficient (Wildman–Crippen LogP) is 3.94. The molecule has 0 aliphatic carbocycles. The van der Waals surface area contributed by atoms with Gasteiger partial charge in [0.05, 0.1) is 11.9 Å². The van der Waals surface area contributed by atoms with E-state index in [9.17, 15) is 8.78 Å². The zero-order chi connectivity index (χ0) is 17.5. The number of rotatable bonds is 7. The van der Waals surface area contributed by atoms with Gasteiger partial charge in [-0.15, -0.1) is 5.10 Å². The highest BCUT2D eigenvalue weighted by Gasteiger charge is 2.06. The minimum absolute atomic E-state index is 0.0874. The molecule has 0 saturated carbocycles. The Morgan fingerprint density at radius 1 is 1.00 bits per heavy atom. The van der Waals surface area contributed by atoms with E-state index in [-0.39, 0.29) is 11.6 Å². The number of nitrogens with one attached hydrogen (secondary N) is 2. The molecule has 25 heavy (non-hydrogen) atoms. The molecule has 0 saturated heterocycles. The summed E-state index contributed by atoms with van der Waals surface area (Å²) in [6, 6.07) is 13.4. The highest BCUT2D eigenvalue weighted by molar-refractivity contribution is 5.54. The van der Waals surface area contributed by atoms with Crippen LogP contribution in [-0.2, 0) is 6.42 Å². The Balaban J connectivity index is 1.54. The molecule has 3 rings (SSSR count). The molecule has 0 aliphatic heterocycles. The van der Waals surface area contributed by atoms with Crippen LogP contribution in [0.2, 0.25) is 0 Å². The molecule has 1 aromatic heterocycles. The third-order valence-corrected chi connectivity index (χ3v) is 3.53. The van der Waals surface area contributed by atoms with E-state index in [1.165, 1.54) is 17.8 Å². The second kappa shape index (κ2) is 8.14. The van der Waals surface area contributed by atoms with Gasteiger partial charge in [-0.1, -0.05) is 30.3 Å². The number of hydrogen-bond acceptors (Lipinski definition) is 5. The number of nitrogens with zero attached hydrogens (tertiary/aromatic N) is 3. The first kappa shape index (κ1) is 16.8. The highest BCUT2D eigenvalue weighted by Crippen LogP contribution is 2.18. The molecule has 2 N–H and O–H groups in total. The zero-order valence-electron chi connectivity index (χ0n) is 13.4. The molecule has 7 heteroatoms. The Kier molecular flexibility index (Phi) is 5.46. The van der Waals surface area contributed by atoms with Gasteiger partial charge >= 0.3 is 0 Å². The van der Waals surface area contributed by atoms with E-state index in [2.05, 4.69) is 37.9 Å². The summed E-state index contributed by atoms with van der Waals surface area (Å²) in [6.07, 6.45) is 3.39. The van der Waals surface area contributed by atoms with Crippen LogP contribution in [0.1, 0.15) is 12.0 Å². The minimum atomic E-state index is -0.718. The lowest BCUT2D eigenvalue weighted by Gasteiger charge is -2.08. The van der Waals surface area contributed by atoms with Gasteiger partial charge in [-0.25, -0.2) is 8.78 Å². The van der Waals surface area contributed by atoms with Crippen LogP contribution in [-0.4, -0.2) is 21.7 Å². The number of aryl methyl sites for hydroxylation is 1. The van der Waals surface area contributed by atoms with E-state index >= 15 is 0 Å². The summed E-state index contributed by atoms with van der Waals surface area (Å²) < 4.78 is 26.6. The van der Waals surface area contributed by atoms with Crippen molar-refractivity contribution >= 4 is 17.5 Å². The second-order valence-electron chi connectivity index (χ2n) is 5.43. The van der Waals surface area contributed by atoms with Gasteiger partial charge in [-0.3, -0.25) is 0 Å². The summed E-state index contributed by atoms with van der Waals surface area (Å²) in [5, 5.41) is 13.5. The average molecular weight is 341 g/mol. The average Bonchev–Trinajstić information content (AvgIpc) is 2.62. The van der Waals surface area contributed by atoms with Gasteiger partial charge in [0.25, 0.3) is 0 Å². The smallest absolute Gasteiger partial charge is 0.249 e. The standard InChI is InChI=1S/C18H17F2N5/c19-14-8-9-16(15(20)11-14)23-18-24-17(12-22-25-18)21-10-4-7-13-5-2-1-3-6-13/h1-3,5-6,8-9,11-12H,4,7,10H2,(H2,21,23,24,25). The molecular weight excluding hydrogens is 324 g/mol. The van der Waals surface area contributed by atoms with E-state index in [1.807, 2.05) is 18.2 Å². The van der Waals surface area contributed by atoms with Crippen molar-refractivity contribution in [2.24, 2.45) is 0 Å². The lowest BCUT2D eigenvalue weighted by molar-refractivity contribution is 0.586. The van der Waals surface area contributed by atoms with Crippen LogP contribution < -0.4 is 10.6 Å². The third kappa shape index (κ3) is 4.94. The lowest BCUT2D eigenvalue weighted by Crippen LogP contribution is -2.08. The number of benzene rings is 2. The maximum Gasteiger partial charge on any atom is 0.249 e. The van der Waals surface area contributed by atoms with Gasteiger partial charge < -0.3 is 10.6 Å². The monoisotopic (exact) mass is 341 g/mol. The molecule has 0 atom stereocenters. The largest absolute Gasteiger partial charge is 0.369 e. The van der Waals surface area contributed by atoms with Gasteiger partial charge in [0, 0.05) is 12.6 Å². The zero-order valence-corrected chi connectivity index (χ0v) is 13.4. The molecule has 0 unspecified atom stereocenters. The second-order valence-corrected chi connectivity index (χ2v) is 5.43. The first-order valence-electron chi connectivity index (χ1n) is 7.90. The van der Waals surface area contributed by atoms with Gasteiger partial charge in [0.15, 0.2) is 5.82 Å². The highest BCUT2D eigenvalue weighted by atomic mass is 19.1. The van der Waals surface area contributed by atoms with E-state index in [0.717, 1.165) is 31.5 Å². The maximum absolute atomic E-state index is 13.7. The van der Waals surface area contributed by atoms with Crippen LogP contribution in [0.25, 0.3) is 0 Å². The summed E-state index contributed by atoms with van der Waals surface area (Å²) in [5.41, 5.74) is 1.36. The molecule has 3 aromatic rings. The molecule has 128 valence electrons. The van der Waals surface area contributed by atoms with Crippen molar-refractivity contribution in [1.29, 1.82) is 0 Å². The summed E-state index contributed by atoms with van der Waals surface area (Å²) in [6.45, 7) is 0.720. The Hall–Kier alpha value is -3.09. The molecule has 0 amide bonds. The van der Waals surface area contributed by atoms with E-state index in [0.29, 0.717) is 5.82 Å². The molecule has 0 aliphatic rings. The van der Waals surface area contributed by atoms with Gasteiger partial charge in [0.1, 0.15) is 11.6 Å². The third-order valence-electron chi connectivity index (χ3n) is 3.53. The normalized spacial score (nSPS) is 10.5. The molecule has 0 radical (unpaired) electrons. The van der Waals surface area contributed by atoms with E-state index < -0.39 is 11.6 Å². The molecule has 0 spiro atoms. The van der Waals surface area contributed by atoms with Crippen molar-refractivity contribution in [3.05, 3.63) is 71.9 Å². The fraction of sp³-hybridized carbons (Fsp3) is 0.167. The number of halogens is 2. The SMILES string of the molecule is Fc1ccc(Nc2nncc(NCCCc3ccccc3)n2)c(F)c1. The Bertz CT molecular complexity index is 827. The molecule has 2 aromatic carbocycles. The molecule has 0 bridgehead atoms. The topological polar surface area (TPSA) is 62.7 Å². The number of aromatic nitrogens is 3. The van der Waals surface area contributed by atoms with Crippen LogP contribution in [0.3, 0.4) is 0 Å². The fourth-order valence-corrected chi connectivity index (χ4v) is 2.31. The van der Waals surface area contributed by atoms with Crippen molar-refractivity contribution in [3.8, 4) is 0 Å². The molecule has 0 fully saturated rings. The Labute approximate surface area is 144 Å². The van der Waals surface area contributed by atoms with Gasteiger partial charge in [-0.2, -0.15) is 10.1 Å². The first-order valence-corrected chi connectivity index (χ1v) is 7.90. The Morgan fingerprint density at radius 2 is 1.84 bits per heavy atom. The van der Waals surface area contributed by atoms with Crippen molar-refractivity contribution < 1.29 is 8.78 Å². The van der Waals surface area contributed by atoms with Gasteiger partial charge in [0.2, 0.25) is 5.95 Å².